The summed E-state index contributed by atoms with van der Waals surface area (Å²) >= 11 is 0. The molecule has 1 heterocycles. The number of cyclic esters (lactones) is 1. The number of aromatic hydroxyl groups is 1. The van der Waals surface area contributed by atoms with Crippen LogP contribution in [0.25, 0.3) is 0 Å². The number of ether oxygens (including phenoxy) is 3. The highest BCUT2D eigenvalue weighted by Crippen LogP contribution is 2.37. The summed E-state index contributed by atoms with van der Waals surface area (Å²) in [4.78, 5) is 74.4. The fraction of sp³-hybridized carbons (Fsp3) is 0.286. The van der Waals surface area contributed by atoms with Gasteiger partial charge in [0.1, 0.15) is 11.1 Å². The van der Waals surface area contributed by atoms with Gasteiger partial charge in [0.2, 0.25) is 18.3 Å². The standard InChI is InChI=1S/C28H28N2O10/c1-5-18(30-24(34)17-12-9-13-19(21(17)33)29-14-31)26(36)38-15(2)25(35)40-23-22(39-27(37)28(23,3)4)20(32)16-10-7-6-8-11-16/h5-15,22-23,33H,1-4H3,(H,29,31)(H,30,34). The highest BCUT2D eigenvalue weighted by atomic mass is 16.6. The van der Waals surface area contributed by atoms with Crippen LogP contribution in [0, 0.1) is 5.41 Å². The molecule has 3 N–H and O–H groups in total. The van der Waals surface area contributed by atoms with Crippen molar-refractivity contribution in [2.24, 2.45) is 5.41 Å². The Morgan fingerprint density at radius 3 is 2.38 bits per heavy atom. The van der Waals surface area contributed by atoms with E-state index in [4.69, 9.17) is 14.2 Å². The predicted octanol–water partition coefficient (Wildman–Crippen LogP) is 2.27. The lowest BCUT2D eigenvalue weighted by Gasteiger charge is -2.26. The molecule has 2 aromatic rings. The van der Waals surface area contributed by atoms with Gasteiger partial charge in [-0.05, 0) is 39.8 Å². The van der Waals surface area contributed by atoms with E-state index in [2.05, 4.69) is 10.6 Å². The lowest BCUT2D eigenvalue weighted by molar-refractivity contribution is -0.172. The third-order valence-electron chi connectivity index (χ3n) is 6.17. The summed E-state index contributed by atoms with van der Waals surface area (Å²) in [6, 6.07) is 12.1. The quantitative estimate of drug-likeness (QED) is 0.0990. The van der Waals surface area contributed by atoms with Gasteiger partial charge in [0.05, 0.1) is 11.3 Å². The molecule has 3 rings (SSSR count). The number of rotatable bonds is 10. The van der Waals surface area contributed by atoms with E-state index in [1.54, 1.807) is 18.2 Å². The van der Waals surface area contributed by atoms with Crippen molar-refractivity contribution in [1.82, 2.24) is 5.32 Å². The summed E-state index contributed by atoms with van der Waals surface area (Å²) in [5.41, 5.74) is -1.73. The molecule has 210 valence electrons. The molecule has 3 atom stereocenters. The molecule has 1 saturated heterocycles. The summed E-state index contributed by atoms with van der Waals surface area (Å²) in [6.07, 6.45) is -2.69. The van der Waals surface area contributed by atoms with Crippen LogP contribution >= 0.6 is 0 Å². The molecule has 0 aromatic heterocycles. The molecule has 2 aromatic carbocycles. The van der Waals surface area contributed by atoms with E-state index in [-0.39, 0.29) is 22.5 Å². The van der Waals surface area contributed by atoms with Crippen molar-refractivity contribution in [1.29, 1.82) is 0 Å². The number of carbonyl (C=O) groups excluding carboxylic acids is 6. The van der Waals surface area contributed by atoms with E-state index in [1.165, 1.54) is 64.1 Å². The monoisotopic (exact) mass is 552 g/mol. The smallest absolute Gasteiger partial charge is 0.355 e. The topological polar surface area (TPSA) is 174 Å². The zero-order valence-corrected chi connectivity index (χ0v) is 22.1. The number of ketones is 1. The second-order valence-electron chi connectivity index (χ2n) is 9.30. The zero-order valence-electron chi connectivity index (χ0n) is 22.1. The van der Waals surface area contributed by atoms with Crippen molar-refractivity contribution < 1.29 is 48.1 Å². The number of amides is 2. The van der Waals surface area contributed by atoms with Crippen LogP contribution < -0.4 is 10.6 Å². The first kappa shape index (κ1) is 29.6. The first-order valence-electron chi connectivity index (χ1n) is 12.1. The van der Waals surface area contributed by atoms with Crippen LogP contribution in [-0.2, 0) is 33.4 Å². The van der Waals surface area contributed by atoms with Crippen molar-refractivity contribution in [3.8, 4) is 5.75 Å². The number of hydrogen-bond donors (Lipinski definition) is 3. The van der Waals surface area contributed by atoms with Gasteiger partial charge in [-0.2, -0.15) is 0 Å². The van der Waals surface area contributed by atoms with Crippen molar-refractivity contribution >= 4 is 41.7 Å². The van der Waals surface area contributed by atoms with Crippen LogP contribution in [-0.4, -0.2) is 59.4 Å². The zero-order chi connectivity index (χ0) is 29.6. The molecular formula is C28H28N2O10. The van der Waals surface area contributed by atoms with E-state index in [9.17, 15) is 33.9 Å². The van der Waals surface area contributed by atoms with E-state index >= 15 is 0 Å². The molecule has 0 radical (unpaired) electrons. The van der Waals surface area contributed by atoms with Crippen molar-refractivity contribution in [3.63, 3.8) is 0 Å². The van der Waals surface area contributed by atoms with Gasteiger partial charge in [-0.3, -0.25) is 19.2 Å². The number of Topliss-reactive ketones (excluding diaryl/α,β-unsaturated/α-hetero) is 1. The maximum atomic E-state index is 13.0. The van der Waals surface area contributed by atoms with Crippen LogP contribution in [0.1, 0.15) is 48.4 Å². The van der Waals surface area contributed by atoms with Gasteiger partial charge in [-0.25, -0.2) is 9.59 Å². The fourth-order valence-electron chi connectivity index (χ4n) is 3.82. The van der Waals surface area contributed by atoms with Crippen LogP contribution in [0.2, 0.25) is 0 Å². The minimum atomic E-state index is -1.51. The number of nitrogens with one attached hydrogen (secondary N) is 2. The Morgan fingerprint density at radius 2 is 1.75 bits per heavy atom. The Bertz CT molecular complexity index is 1370. The second-order valence-corrected chi connectivity index (χ2v) is 9.30. The van der Waals surface area contributed by atoms with Gasteiger partial charge in [0.15, 0.2) is 18.0 Å². The molecule has 12 nitrogen and oxygen atoms in total. The summed E-state index contributed by atoms with van der Waals surface area (Å²) in [6.45, 7) is 5.57. The van der Waals surface area contributed by atoms with E-state index in [1.807, 2.05) is 0 Å². The number of benzene rings is 2. The maximum absolute atomic E-state index is 13.0. The Morgan fingerprint density at radius 1 is 1.07 bits per heavy atom. The van der Waals surface area contributed by atoms with Crippen LogP contribution in [0.3, 0.4) is 0 Å². The molecule has 1 aliphatic heterocycles. The average Bonchev–Trinajstić information content (AvgIpc) is 3.15. The molecule has 12 heteroatoms. The molecule has 2 amide bonds. The largest absolute Gasteiger partial charge is 0.505 e. The van der Waals surface area contributed by atoms with Gasteiger partial charge in [-0.15, -0.1) is 0 Å². The summed E-state index contributed by atoms with van der Waals surface area (Å²) < 4.78 is 15.9. The van der Waals surface area contributed by atoms with Gasteiger partial charge in [0, 0.05) is 5.56 Å². The summed E-state index contributed by atoms with van der Waals surface area (Å²) in [5.74, 6) is -4.86. The lowest BCUT2D eigenvalue weighted by atomic mass is 9.84. The number of allylic oxidation sites excluding steroid dienone is 1. The van der Waals surface area contributed by atoms with Crippen LogP contribution in [0.15, 0.2) is 60.3 Å². The number of phenols is 1. The Kier molecular flexibility index (Phi) is 9.04. The third kappa shape index (κ3) is 6.17. The molecule has 0 aliphatic carbocycles. The Balaban J connectivity index is 1.69. The van der Waals surface area contributed by atoms with Gasteiger partial charge in [0.25, 0.3) is 5.91 Å². The van der Waals surface area contributed by atoms with Crippen molar-refractivity contribution in [3.05, 3.63) is 71.4 Å². The van der Waals surface area contributed by atoms with Crippen molar-refractivity contribution in [2.45, 2.75) is 46.0 Å². The Labute approximate surface area is 229 Å². The molecule has 40 heavy (non-hydrogen) atoms. The summed E-state index contributed by atoms with van der Waals surface area (Å²) in [5, 5.41) is 14.7. The molecule has 3 unspecified atom stereocenters. The number of phenolic OH excluding ortho intramolecular Hbond substituents is 1. The number of para-hydroxylation sites is 1. The summed E-state index contributed by atoms with van der Waals surface area (Å²) in [7, 11) is 0. The number of anilines is 1. The highest BCUT2D eigenvalue weighted by molar-refractivity contribution is 6.05. The first-order chi connectivity index (χ1) is 18.9. The predicted molar refractivity (Wildman–Crippen MR) is 139 cm³/mol. The molecule has 0 saturated carbocycles. The minimum Gasteiger partial charge on any atom is -0.505 e. The third-order valence-corrected chi connectivity index (χ3v) is 6.17. The second kappa shape index (κ2) is 12.2. The number of hydrogen-bond acceptors (Lipinski definition) is 10. The molecular weight excluding hydrogens is 524 g/mol. The van der Waals surface area contributed by atoms with Gasteiger partial charge >= 0.3 is 17.9 Å². The lowest BCUT2D eigenvalue weighted by Crippen LogP contribution is -2.44. The first-order valence-corrected chi connectivity index (χ1v) is 12.1. The van der Waals surface area contributed by atoms with Crippen LogP contribution in [0.5, 0.6) is 5.75 Å². The molecule has 0 spiro atoms. The van der Waals surface area contributed by atoms with E-state index in [0.717, 1.165) is 0 Å². The van der Waals surface area contributed by atoms with Crippen molar-refractivity contribution in [2.75, 3.05) is 5.32 Å². The number of carbonyl (C=O) groups is 6. The Hall–Kier alpha value is -5.00. The van der Waals surface area contributed by atoms with E-state index < -0.39 is 59.1 Å². The SMILES string of the molecule is CC=C(NC(=O)c1cccc(NC=O)c1O)C(=O)OC(C)C(=O)OC1C(C(=O)c2ccccc2)OC(=O)C1(C)C. The molecule has 1 aliphatic rings. The molecule has 1 fully saturated rings. The van der Waals surface area contributed by atoms with Gasteiger partial charge < -0.3 is 30.0 Å². The fourth-order valence-corrected chi connectivity index (χ4v) is 3.82. The highest BCUT2D eigenvalue weighted by Gasteiger charge is 2.56. The van der Waals surface area contributed by atoms with Crippen LogP contribution in [0.4, 0.5) is 5.69 Å². The van der Waals surface area contributed by atoms with Gasteiger partial charge in [-0.1, -0.05) is 42.5 Å². The number of esters is 3. The van der Waals surface area contributed by atoms with E-state index in [0.29, 0.717) is 6.41 Å². The molecule has 0 bridgehead atoms. The average molecular weight is 553 g/mol. The maximum Gasteiger partial charge on any atom is 0.355 e. The minimum absolute atomic E-state index is 0.0232. The normalized spacial score (nSPS) is 18.6.